The molecule has 0 radical (unpaired) electrons. The number of ether oxygens (including phenoxy) is 2. The lowest BCUT2D eigenvalue weighted by Gasteiger charge is -2.10. The molecule has 0 spiro atoms. The van der Waals surface area contributed by atoms with Gasteiger partial charge in [0.05, 0.1) is 17.9 Å². The van der Waals surface area contributed by atoms with E-state index in [4.69, 9.17) is 9.47 Å². The largest absolute Gasteiger partial charge is 0.460 e. The van der Waals surface area contributed by atoms with Crippen LogP contribution in [0.4, 0.5) is 18.9 Å². The van der Waals surface area contributed by atoms with E-state index in [-0.39, 0.29) is 18.5 Å². The molecule has 3 aromatic carbocycles. The van der Waals surface area contributed by atoms with E-state index >= 15 is 0 Å². The highest BCUT2D eigenvalue weighted by atomic mass is 19.4. The summed E-state index contributed by atoms with van der Waals surface area (Å²) in [6, 6.07) is 19.2. The van der Waals surface area contributed by atoms with Crippen molar-refractivity contribution in [1.29, 1.82) is 0 Å². The van der Waals surface area contributed by atoms with Gasteiger partial charge < -0.3 is 14.8 Å². The number of rotatable bonds is 11. The number of amides is 1. The molecule has 39 heavy (non-hydrogen) atoms. The first-order valence-corrected chi connectivity index (χ1v) is 12.6. The Bertz CT molecular complexity index is 1370. The maximum Gasteiger partial charge on any atom is 0.416 e. The van der Waals surface area contributed by atoms with E-state index in [1.165, 1.54) is 29.5 Å². The van der Waals surface area contributed by atoms with Crippen molar-refractivity contribution in [3.63, 3.8) is 0 Å². The fourth-order valence-corrected chi connectivity index (χ4v) is 3.84. The number of unbranched alkanes of at least 4 members (excludes halogenated alkanes) is 1. The summed E-state index contributed by atoms with van der Waals surface area (Å²) in [6.07, 6.45) is -1.25. The highest BCUT2D eigenvalue weighted by Crippen LogP contribution is 2.31. The first-order valence-electron chi connectivity index (χ1n) is 12.6. The van der Waals surface area contributed by atoms with E-state index < -0.39 is 11.7 Å². The average molecular weight is 539 g/mol. The second-order valence-electron chi connectivity index (χ2n) is 8.85. The van der Waals surface area contributed by atoms with Crippen molar-refractivity contribution >= 4 is 11.6 Å². The standard InChI is InChI=1S/C29H29F3N4O3/c1-3-4-5-20-6-8-22(9-7-20)27(37)33-24-14-16-25(17-15-24)36-26(34-28(35-36)39-19-18-38-2)21-10-12-23(13-11-21)29(30,31)32/h6-17H,3-5,18-19H2,1-2H3,(H,33,37). The van der Waals surface area contributed by atoms with Gasteiger partial charge in [-0.05, 0) is 66.9 Å². The predicted octanol–water partition coefficient (Wildman–Crippen LogP) is 6.57. The van der Waals surface area contributed by atoms with E-state index in [9.17, 15) is 18.0 Å². The Labute approximate surface area is 224 Å². The Kier molecular flexibility index (Phi) is 8.98. The van der Waals surface area contributed by atoms with Gasteiger partial charge in [-0.2, -0.15) is 18.2 Å². The molecule has 0 bridgehead atoms. The summed E-state index contributed by atoms with van der Waals surface area (Å²) in [5.74, 6) is 0.0703. The molecule has 10 heteroatoms. The fourth-order valence-electron chi connectivity index (χ4n) is 3.84. The minimum absolute atomic E-state index is 0.0571. The summed E-state index contributed by atoms with van der Waals surface area (Å²) in [6.45, 7) is 2.67. The second kappa shape index (κ2) is 12.6. The zero-order valence-corrected chi connectivity index (χ0v) is 21.7. The van der Waals surface area contributed by atoms with Crippen LogP contribution in [-0.4, -0.2) is 41.0 Å². The van der Waals surface area contributed by atoms with Gasteiger partial charge in [-0.3, -0.25) is 4.79 Å². The van der Waals surface area contributed by atoms with Gasteiger partial charge in [0, 0.05) is 23.9 Å². The highest BCUT2D eigenvalue weighted by Gasteiger charge is 2.30. The van der Waals surface area contributed by atoms with Crippen molar-refractivity contribution in [2.24, 2.45) is 0 Å². The molecular weight excluding hydrogens is 509 g/mol. The third-order valence-electron chi connectivity index (χ3n) is 5.98. The summed E-state index contributed by atoms with van der Waals surface area (Å²) in [4.78, 5) is 17.1. The molecule has 7 nitrogen and oxygen atoms in total. The number of benzene rings is 3. The zero-order chi connectivity index (χ0) is 27.8. The maximum absolute atomic E-state index is 13.0. The summed E-state index contributed by atoms with van der Waals surface area (Å²) < 4.78 is 51.1. The number of aromatic nitrogens is 3. The topological polar surface area (TPSA) is 78.3 Å². The maximum atomic E-state index is 13.0. The molecule has 1 N–H and O–H groups in total. The number of alkyl halides is 3. The van der Waals surface area contributed by atoms with Gasteiger partial charge in [0.15, 0.2) is 5.82 Å². The van der Waals surface area contributed by atoms with Crippen LogP contribution in [0, 0.1) is 0 Å². The van der Waals surface area contributed by atoms with Gasteiger partial charge >= 0.3 is 12.2 Å². The second-order valence-corrected chi connectivity index (χ2v) is 8.85. The van der Waals surface area contributed by atoms with Gasteiger partial charge in [-0.25, -0.2) is 4.68 Å². The number of carbonyl (C=O) groups excluding carboxylic acids is 1. The minimum Gasteiger partial charge on any atom is -0.460 e. The Morgan fingerprint density at radius 1 is 0.949 bits per heavy atom. The van der Waals surface area contributed by atoms with Crippen LogP contribution in [0.5, 0.6) is 6.01 Å². The molecule has 0 atom stereocenters. The number of halogens is 3. The quantitative estimate of drug-likeness (QED) is 0.219. The predicted molar refractivity (Wildman–Crippen MR) is 142 cm³/mol. The van der Waals surface area contributed by atoms with Crippen LogP contribution in [0.2, 0.25) is 0 Å². The number of hydrogen-bond acceptors (Lipinski definition) is 5. The van der Waals surface area contributed by atoms with Crippen molar-refractivity contribution in [2.45, 2.75) is 32.4 Å². The molecule has 0 saturated carbocycles. The lowest BCUT2D eigenvalue weighted by molar-refractivity contribution is -0.137. The number of carbonyl (C=O) groups is 1. The van der Waals surface area contributed by atoms with Crippen LogP contribution < -0.4 is 10.1 Å². The lowest BCUT2D eigenvalue weighted by atomic mass is 10.1. The Hall–Kier alpha value is -4.18. The lowest BCUT2D eigenvalue weighted by Crippen LogP contribution is -2.12. The molecule has 0 aliphatic heterocycles. The minimum atomic E-state index is -4.45. The van der Waals surface area contributed by atoms with Crippen molar-refractivity contribution in [3.05, 3.63) is 89.5 Å². The molecular formula is C29H29F3N4O3. The molecule has 0 aliphatic carbocycles. The highest BCUT2D eigenvalue weighted by molar-refractivity contribution is 6.04. The van der Waals surface area contributed by atoms with Crippen LogP contribution in [0.1, 0.15) is 41.3 Å². The first-order chi connectivity index (χ1) is 18.8. The molecule has 4 aromatic rings. The van der Waals surface area contributed by atoms with Crippen molar-refractivity contribution in [3.8, 4) is 23.1 Å². The van der Waals surface area contributed by atoms with Crippen LogP contribution in [-0.2, 0) is 17.3 Å². The van der Waals surface area contributed by atoms with E-state index in [0.29, 0.717) is 34.9 Å². The van der Waals surface area contributed by atoms with E-state index in [1.54, 1.807) is 24.3 Å². The van der Waals surface area contributed by atoms with Crippen LogP contribution in [0.25, 0.3) is 17.1 Å². The van der Waals surface area contributed by atoms with Gasteiger partial charge in [0.25, 0.3) is 5.91 Å². The molecule has 1 aromatic heterocycles. The molecule has 204 valence electrons. The van der Waals surface area contributed by atoms with Crippen LogP contribution in [0.15, 0.2) is 72.8 Å². The normalized spacial score (nSPS) is 11.4. The number of methoxy groups -OCH3 is 1. The van der Waals surface area contributed by atoms with E-state index in [1.807, 2.05) is 24.3 Å². The average Bonchev–Trinajstić information content (AvgIpc) is 3.36. The molecule has 0 aliphatic rings. The van der Waals surface area contributed by atoms with Gasteiger partial charge in [0.2, 0.25) is 0 Å². The van der Waals surface area contributed by atoms with E-state index in [0.717, 1.165) is 31.4 Å². The molecule has 1 heterocycles. The number of nitrogens with one attached hydrogen (secondary N) is 1. The smallest absolute Gasteiger partial charge is 0.416 e. The summed E-state index contributed by atoms with van der Waals surface area (Å²) >= 11 is 0. The molecule has 0 saturated heterocycles. The molecule has 0 fully saturated rings. The number of anilines is 1. The zero-order valence-electron chi connectivity index (χ0n) is 21.7. The first kappa shape index (κ1) is 27.8. The summed E-state index contributed by atoms with van der Waals surface area (Å²) in [7, 11) is 1.53. The Balaban J connectivity index is 1.54. The molecule has 1 amide bonds. The van der Waals surface area contributed by atoms with Crippen LogP contribution in [0.3, 0.4) is 0 Å². The number of nitrogens with zero attached hydrogens (tertiary/aromatic N) is 3. The van der Waals surface area contributed by atoms with Crippen LogP contribution >= 0.6 is 0 Å². The van der Waals surface area contributed by atoms with Crippen molar-refractivity contribution in [2.75, 3.05) is 25.6 Å². The van der Waals surface area contributed by atoms with Crippen molar-refractivity contribution in [1.82, 2.24) is 14.8 Å². The number of hydrogen-bond donors (Lipinski definition) is 1. The SMILES string of the molecule is CCCCc1ccc(C(=O)Nc2ccc(-n3nc(OCCOC)nc3-c3ccc(C(F)(F)F)cc3)cc2)cc1. The third-order valence-corrected chi connectivity index (χ3v) is 5.98. The summed E-state index contributed by atoms with van der Waals surface area (Å²) in [5, 5.41) is 7.26. The van der Waals surface area contributed by atoms with E-state index in [2.05, 4.69) is 22.3 Å². The fraction of sp³-hybridized carbons (Fsp3) is 0.276. The van der Waals surface area contributed by atoms with Gasteiger partial charge in [-0.1, -0.05) is 37.6 Å². The third kappa shape index (κ3) is 7.23. The molecule has 0 unspecified atom stereocenters. The van der Waals surface area contributed by atoms with Gasteiger partial charge in [-0.15, -0.1) is 5.10 Å². The van der Waals surface area contributed by atoms with Gasteiger partial charge in [0.1, 0.15) is 6.61 Å². The Morgan fingerprint density at radius 3 is 2.26 bits per heavy atom. The monoisotopic (exact) mass is 538 g/mol. The Morgan fingerprint density at radius 2 is 1.64 bits per heavy atom. The summed E-state index contributed by atoms with van der Waals surface area (Å²) in [5.41, 5.74) is 2.57. The van der Waals surface area contributed by atoms with Crippen molar-refractivity contribution < 1.29 is 27.4 Å². The number of aryl methyl sites for hydroxylation is 1. The molecule has 4 rings (SSSR count).